The first kappa shape index (κ1) is 37.0. The number of hydrogen-bond acceptors (Lipinski definition) is 4. The van der Waals surface area contributed by atoms with Gasteiger partial charge in [0, 0.05) is 0 Å². The summed E-state index contributed by atoms with van der Waals surface area (Å²) in [6.45, 7) is 4.56. The standard InChI is InChI=1S/C28H58O4S.Na/c1-3-5-7-9-11-12-13-14-15-16-17-18-19-20-22-24-26-28(27-32-33(29,30)31)25-23-21-10-8-6-4-2;/h28H,3-27H2,1-2H3,(H,29,30,31);/q;+1/p-1. The first-order valence-electron chi connectivity index (χ1n) is 14.6. The molecule has 0 aromatic carbocycles. The largest absolute Gasteiger partial charge is 1.00 e. The van der Waals surface area contributed by atoms with Crippen LogP contribution < -0.4 is 29.6 Å². The number of hydrogen-bond donors (Lipinski definition) is 0. The Hall–Kier alpha value is 0.870. The molecule has 34 heavy (non-hydrogen) atoms. The molecule has 0 aromatic heterocycles. The van der Waals surface area contributed by atoms with E-state index in [4.69, 9.17) is 0 Å². The summed E-state index contributed by atoms with van der Waals surface area (Å²) < 4.78 is 37.1. The van der Waals surface area contributed by atoms with Gasteiger partial charge in [-0.3, -0.25) is 4.18 Å². The van der Waals surface area contributed by atoms with Crippen molar-refractivity contribution >= 4 is 10.4 Å². The molecule has 0 aliphatic rings. The molecular formula is C28H57NaO4S. The minimum atomic E-state index is -4.57. The third-order valence-corrected chi connectivity index (χ3v) is 7.30. The van der Waals surface area contributed by atoms with Gasteiger partial charge in [-0.1, -0.05) is 155 Å². The van der Waals surface area contributed by atoms with Crippen LogP contribution in [0, 0.1) is 5.92 Å². The molecular weight excluding hydrogens is 455 g/mol. The third-order valence-electron chi connectivity index (χ3n) is 6.88. The van der Waals surface area contributed by atoms with E-state index in [1.54, 1.807) is 0 Å². The molecule has 0 saturated heterocycles. The Balaban J connectivity index is 0. The molecule has 4 nitrogen and oxygen atoms in total. The predicted octanol–water partition coefficient (Wildman–Crippen LogP) is 6.49. The molecule has 0 N–H and O–H groups in total. The van der Waals surface area contributed by atoms with Gasteiger partial charge in [0.05, 0.1) is 6.61 Å². The van der Waals surface area contributed by atoms with Crippen molar-refractivity contribution in [3.05, 3.63) is 0 Å². The van der Waals surface area contributed by atoms with Crippen molar-refractivity contribution in [2.45, 2.75) is 168 Å². The fraction of sp³-hybridized carbons (Fsp3) is 1.00. The first-order chi connectivity index (χ1) is 16.0. The molecule has 6 heteroatoms. The normalized spacial score (nSPS) is 12.6. The van der Waals surface area contributed by atoms with Crippen LogP contribution in [0.4, 0.5) is 0 Å². The summed E-state index contributed by atoms with van der Waals surface area (Å²) in [5.41, 5.74) is 0. The van der Waals surface area contributed by atoms with Gasteiger partial charge in [-0.25, -0.2) is 8.42 Å². The van der Waals surface area contributed by atoms with Gasteiger partial charge in [-0.05, 0) is 18.8 Å². The average molecular weight is 513 g/mol. The minimum absolute atomic E-state index is 0. The van der Waals surface area contributed by atoms with Gasteiger partial charge in [0.2, 0.25) is 10.4 Å². The van der Waals surface area contributed by atoms with Crippen molar-refractivity contribution in [3.8, 4) is 0 Å². The summed E-state index contributed by atoms with van der Waals surface area (Å²) in [7, 11) is -4.57. The second-order valence-corrected chi connectivity index (χ2v) is 11.3. The van der Waals surface area contributed by atoms with Crippen LogP contribution in [0.25, 0.3) is 0 Å². The fourth-order valence-electron chi connectivity index (χ4n) is 4.69. The Morgan fingerprint density at radius 1 is 0.529 bits per heavy atom. The van der Waals surface area contributed by atoms with Crippen LogP contribution in [-0.2, 0) is 14.6 Å². The Morgan fingerprint density at radius 3 is 1.06 bits per heavy atom. The maximum atomic E-state index is 10.8. The molecule has 0 spiro atoms. The second kappa shape index (κ2) is 28.4. The zero-order valence-corrected chi connectivity index (χ0v) is 26.1. The second-order valence-electron chi connectivity index (χ2n) is 10.2. The van der Waals surface area contributed by atoms with E-state index in [2.05, 4.69) is 18.0 Å². The summed E-state index contributed by atoms with van der Waals surface area (Å²) in [6, 6.07) is 0. The van der Waals surface area contributed by atoms with Crippen molar-refractivity contribution in [1.29, 1.82) is 0 Å². The van der Waals surface area contributed by atoms with Crippen LogP contribution in [0.2, 0.25) is 0 Å². The van der Waals surface area contributed by atoms with Crippen molar-refractivity contribution in [2.75, 3.05) is 6.61 Å². The number of rotatable bonds is 27. The van der Waals surface area contributed by atoms with E-state index in [9.17, 15) is 13.0 Å². The van der Waals surface area contributed by atoms with Crippen LogP contribution in [0.3, 0.4) is 0 Å². The van der Waals surface area contributed by atoms with Gasteiger partial charge in [0.1, 0.15) is 0 Å². The smallest absolute Gasteiger partial charge is 0.726 e. The van der Waals surface area contributed by atoms with E-state index >= 15 is 0 Å². The Bertz CT molecular complexity index is 485. The van der Waals surface area contributed by atoms with Crippen molar-refractivity contribution in [3.63, 3.8) is 0 Å². The Kier molecular flexibility index (Phi) is 31.0. The van der Waals surface area contributed by atoms with Gasteiger partial charge in [-0.2, -0.15) is 0 Å². The summed E-state index contributed by atoms with van der Waals surface area (Å²) in [5, 5.41) is 0. The van der Waals surface area contributed by atoms with E-state index in [0.29, 0.717) is 0 Å². The van der Waals surface area contributed by atoms with Crippen molar-refractivity contribution in [2.24, 2.45) is 5.92 Å². The van der Waals surface area contributed by atoms with Crippen molar-refractivity contribution in [1.82, 2.24) is 0 Å². The molecule has 0 bridgehead atoms. The summed E-state index contributed by atoms with van der Waals surface area (Å²) in [4.78, 5) is 0. The van der Waals surface area contributed by atoms with Gasteiger partial charge in [0.15, 0.2) is 0 Å². The predicted molar refractivity (Wildman–Crippen MR) is 141 cm³/mol. The summed E-state index contributed by atoms with van der Waals surface area (Å²) >= 11 is 0. The molecule has 0 aromatic rings. The number of unbranched alkanes of at least 4 members (excludes halogenated alkanes) is 20. The average Bonchev–Trinajstić information content (AvgIpc) is 2.78. The molecule has 0 aliphatic carbocycles. The molecule has 200 valence electrons. The zero-order chi connectivity index (χ0) is 24.5. The van der Waals surface area contributed by atoms with Gasteiger partial charge in [-0.15, -0.1) is 0 Å². The molecule has 1 atom stereocenters. The van der Waals surface area contributed by atoms with Crippen LogP contribution in [-0.4, -0.2) is 19.6 Å². The third kappa shape index (κ3) is 30.9. The molecule has 0 fully saturated rings. The maximum absolute atomic E-state index is 10.8. The van der Waals surface area contributed by atoms with E-state index in [1.807, 2.05) is 0 Å². The van der Waals surface area contributed by atoms with Gasteiger partial charge >= 0.3 is 29.6 Å². The van der Waals surface area contributed by atoms with E-state index < -0.39 is 10.4 Å². The van der Waals surface area contributed by atoms with Crippen LogP contribution in [0.1, 0.15) is 168 Å². The zero-order valence-electron chi connectivity index (χ0n) is 23.3. The van der Waals surface area contributed by atoms with E-state index in [1.165, 1.54) is 128 Å². The van der Waals surface area contributed by atoms with E-state index in [-0.39, 0.29) is 42.1 Å². The first-order valence-corrected chi connectivity index (χ1v) is 15.9. The van der Waals surface area contributed by atoms with Gasteiger partial charge < -0.3 is 4.55 Å². The summed E-state index contributed by atoms with van der Waals surface area (Å²) in [5.74, 6) is 0.201. The van der Waals surface area contributed by atoms with Crippen LogP contribution >= 0.6 is 0 Å². The van der Waals surface area contributed by atoms with Crippen LogP contribution in [0.15, 0.2) is 0 Å². The SMILES string of the molecule is CCCCCCCCCCCCCCCCCCC(CCCCCCCC)COS(=O)(=O)[O-].[Na+]. The summed E-state index contributed by atoms with van der Waals surface area (Å²) in [6.07, 6.45) is 31.0. The Morgan fingerprint density at radius 2 is 0.794 bits per heavy atom. The van der Waals surface area contributed by atoms with Crippen molar-refractivity contribution < 1.29 is 46.7 Å². The minimum Gasteiger partial charge on any atom is -0.726 e. The maximum Gasteiger partial charge on any atom is 1.00 e. The monoisotopic (exact) mass is 512 g/mol. The van der Waals surface area contributed by atoms with Gasteiger partial charge in [0.25, 0.3) is 0 Å². The molecule has 0 aliphatic heterocycles. The Labute approximate surface area is 236 Å². The molecule has 0 saturated carbocycles. The molecule has 0 amide bonds. The molecule has 0 heterocycles. The fourth-order valence-corrected chi connectivity index (χ4v) is 5.04. The molecule has 1 unspecified atom stereocenters. The quantitative estimate of drug-likeness (QED) is 0.0546. The van der Waals surface area contributed by atoms with E-state index in [0.717, 1.165) is 25.7 Å². The van der Waals surface area contributed by atoms with Crippen LogP contribution in [0.5, 0.6) is 0 Å². The molecule has 0 rings (SSSR count). The molecule has 0 radical (unpaired) electrons. The topological polar surface area (TPSA) is 66.4 Å².